The summed E-state index contributed by atoms with van der Waals surface area (Å²) in [7, 11) is 1.80. The summed E-state index contributed by atoms with van der Waals surface area (Å²) < 4.78 is 19.3. The lowest BCUT2D eigenvalue weighted by Crippen LogP contribution is -2.52. The summed E-state index contributed by atoms with van der Waals surface area (Å²) in [6.07, 6.45) is -1.91. The van der Waals surface area contributed by atoms with Crippen LogP contribution in [0.2, 0.25) is 0 Å². The first-order valence-corrected chi connectivity index (χ1v) is 11.0. The Hall–Kier alpha value is -3.94. The molecule has 0 aliphatic carbocycles. The molecular weight excluding hydrogens is 436 g/mol. The van der Waals surface area contributed by atoms with E-state index in [1.807, 2.05) is 30.3 Å². The molecule has 0 N–H and O–H groups in total. The van der Waals surface area contributed by atoms with Gasteiger partial charge in [-0.05, 0) is 38.1 Å². The van der Waals surface area contributed by atoms with Gasteiger partial charge in [0.2, 0.25) is 0 Å². The Balaban J connectivity index is 1.90. The third-order valence-electron chi connectivity index (χ3n) is 6.23. The summed E-state index contributed by atoms with van der Waals surface area (Å²) in [5, 5.41) is 1.77. The summed E-state index contributed by atoms with van der Waals surface area (Å²) in [5.74, 6) is -0.630. The maximum absolute atomic E-state index is 13.6. The molecule has 0 saturated carbocycles. The molecule has 5 rings (SSSR count). The van der Waals surface area contributed by atoms with Gasteiger partial charge in [-0.15, -0.1) is 0 Å². The fourth-order valence-corrected chi connectivity index (χ4v) is 4.82. The van der Waals surface area contributed by atoms with Crippen LogP contribution in [0.25, 0.3) is 32.8 Å². The van der Waals surface area contributed by atoms with Gasteiger partial charge in [-0.25, -0.2) is 4.98 Å². The molecule has 34 heavy (non-hydrogen) atoms. The van der Waals surface area contributed by atoms with Crippen LogP contribution in [-0.4, -0.2) is 33.2 Å². The quantitative estimate of drug-likeness (QED) is 0.330. The van der Waals surface area contributed by atoms with Crippen molar-refractivity contribution in [2.45, 2.75) is 45.5 Å². The third kappa shape index (κ3) is 3.29. The van der Waals surface area contributed by atoms with E-state index in [-0.39, 0.29) is 5.43 Å². The van der Waals surface area contributed by atoms with Crippen LogP contribution in [0.5, 0.6) is 5.75 Å². The van der Waals surface area contributed by atoms with Crippen LogP contribution in [0.1, 0.15) is 39.4 Å². The van der Waals surface area contributed by atoms with Gasteiger partial charge in [0, 0.05) is 31.7 Å². The van der Waals surface area contributed by atoms with Crippen LogP contribution in [0, 0.1) is 0 Å². The monoisotopic (exact) mass is 460 g/mol. The molecule has 8 nitrogen and oxygen atoms in total. The Kier molecular flexibility index (Phi) is 4.86. The van der Waals surface area contributed by atoms with Crippen LogP contribution < -0.4 is 10.2 Å². The van der Waals surface area contributed by atoms with E-state index in [0.717, 1.165) is 10.9 Å². The van der Waals surface area contributed by atoms with Crippen molar-refractivity contribution in [1.29, 1.82) is 0 Å². The molecule has 2 aromatic carbocycles. The molecule has 0 radical (unpaired) electrons. The Labute approximate surface area is 195 Å². The number of aryl methyl sites for hydroxylation is 1. The van der Waals surface area contributed by atoms with E-state index in [1.54, 1.807) is 37.6 Å². The molecule has 2 atom stereocenters. The zero-order valence-electron chi connectivity index (χ0n) is 19.5. The topological polar surface area (TPSA) is 96.7 Å². The number of aromatic nitrogens is 2. The second-order valence-corrected chi connectivity index (χ2v) is 9.08. The lowest BCUT2D eigenvalue weighted by molar-refractivity contribution is -0.187. The van der Waals surface area contributed by atoms with Gasteiger partial charge in [0.1, 0.15) is 17.0 Å². The van der Waals surface area contributed by atoms with Gasteiger partial charge in [-0.1, -0.05) is 18.2 Å². The van der Waals surface area contributed by atoms with Crippen molar-refractivity contribution in [2.24, 2.45) is 7.05 Å². The predicted octanol–water partition coefficient (Wildman–Crippen LogP) is 3.95. The van der Waals surface area contributed by atoms with Crippen LogP contribution in [0.3, 0.4) is 0 Å². The van der Waals surface area contributed by atoms with Gasteiger partial charge < -0.3 is 18.8 Å². The van der Waals surface area contributed by atoms with Crippen molar-refractivity contribution in [1.82, 2.24) is 9.55 Å². The first-order valence-electron chi connectivity index (χ1n) is 11.0. The molecule has 0 unspecified atom stereocenters. The number of para-hydroxylation sites is 1. The Morgan fingerprint density at radius 2 is 1.74 bits per heavy atom. The van der Waals surface area contributed by atoms with Crippen molar-refractivity contribution >= 4 is 44.8 Å². The number of esters is 2. The fourth-order valence-electron chi connectivity index (χ4n) is 4.82. The number of fused-ring (bicyclic) bond motifs is 5. The Bertz CT molecular complexity index is 1570. The van der Waals surface area contributed by atoms with E-state index in [9.17, 15) is 14.4 Å². The van der Waals surface area contributed by atoms with Crippen molar-refractivity contribution in [2.75, 3.05) is 0 Å². The second-order valence-electron chi connectivity index (χ2n) is 9.08. The smallest absolute Gasteiger partial charge is 0.303 e. The van der Waals surface area contributed by atoms with Crippen LogP contribution in [0.15, 0.2) is 47.3 Å². The molecule has 8 heteroatoms. The Morgan fingerprint density at radius 3 is 2.44 bits per heavy atom. The maximum atomic E-state index is 13.6. The zero-order valence-corrected chi connectivity index (χ0v) is 19.5. The van der Waals surface area contributed by atoms with E-state index in [1.165, 1.54) is 13.8 Å². The minimum absolute atomic E-state index is 0.195. The molecule has 0 fully saturated rings. The normalized spacial score (nSPS) is 19.0. The number of benzene rings is 2. The molecule has 0 spiro atoms. The first kappa shape index (κ1) is 21.9. The highest BCUT2D eigenvalue weighted by atomic mass is 16.6. The van der Waals surface area contributed by atoms with E-state index in [0.29, 0.717) is 33.2 Å². The highest BCUT2D eigenvalue weighted by Crippen LogP contribution is 2.46. The lowest BCUT2D eigenvalue weighted by atomic mass is 9.86. The van der Waals surface area contributed by atoms with Gasteiger partial charge in [-0.2, -0.15) is 0 Å². The number of carbonyl (C=O) groups excluding carboxylic acids is 2. The van der Waals surface area contributed by atoms with Gasteiger partial charge in [-0.3, -0.25) is 14.4 Å². The van der Waals surface area contributed by atoms with Crippen molar-refractivity contribution in [3.63, 3.8) is 0 Å². The molecule has 1 aliphatic heterocycles. The highest BCUT2D eigenvalue weighted by molar-refractivity contribution is 5.99. The summed E-state index contributed by atoms with van der Waals surface area (Å²) in [5.41, 5.74) is 1.03. The average Bonchev–Trinajstić information content (AvgIpc) is 2.77. The standard InChI is InChI=1S/C26H24N2O6/c1-13(29)32-23-20-19(34-26(3,4)24(23)33-14(2)30)11-10-16-21(20)28(5)25-17(22(16)31)12-15-8-6-7-9-18(15)27-25/h6-12,23-24H,1-5H3/t23-,24-/m1/s1. The first-order chi connectivity index (χ1) is 16.1. The van der Waals surface area contributed by atoms with Gasteiger partial charge >= 0.3 is 11.9 Å². The zero-order chi connectivity index (χ0) is 24.4. The number of pyridine rings is 2. The van der Waals surface area contributed by atoms with Crippen molar-refractivity contribution in [3.05, 3.63) is 58.3 Å². The number of ether oxygens (including phenoxy) is 3. The fraction of sp³-hybridized carbons (Fsp3) is 0.308. The van der Waals surface area contributed by atoms with Gasteiger partial charge in [0.15, 0.2) is 17.6 Å². The summed E-state index contributed by atoms with van der Waals surface area (Å²) in [6.45, 7) is 6.10. The molecule has 0 amide bonds. The number of carbonyl (C=O) groups is 2. The third-order valence-corrected chi connectivity index (χ3v) is 6.23. The molecule has 0 saturated heterocycles. The lowest BCUT2D eigenvalue weighted by Gasteiger charge is -2.43. The molecular formula is C26H24N2O6. The molecule has 0 bridgehead atoms. The number of hydrogen-bond acceptors (Lipinski definition) is 7. The number of hydrogen-bond donors (Lipinski definition) is 0. The van der Waals surface area contributed by atoms with Crippen molar-refractivity contribution < 1.29 is 23.8 Å². The van der Waals surface area contributed by atoms with Gasteiger partial charge in [0.05, 0.1) is 22.0 Å². The number of rotatable bonds is 2. The van der Waals surface area contributed by atoms with Gasteiger partial charge in [0.25, 0.3) is 0 Å². The summed E-state index contributed by atoms with van der Waals surface area (Å²) >= 11 is 0. The van der Waals surface area contributed by atoms with Crippen LogP contribution >= 0.6 is 0 Å². The van der Waals surface area contributed by atoms with E-state index in [4.69, 9.17) is 19.2 Å². The summed E-state index contributed by atoms with van der Waals surface area (Å²) in [6, 6.07) is 12.8. The minimum Gasteiger partial charge on any atom is -0.483 e. The molecule has 2 aromatic heterocycles. The second kappa shape index (κ2) is 7.55. The van der Waals surface area contributed by atoms with E-state index < -0.39 is 29.7 Å². The van der Waals surface area contributed by atoms with Crippen LogP contribution in [0.4, 0.5) is 0 Å². The molecule has 3 heterocycles. The molecule has 1 aliphatic rings. The molecule has 4 aromatic rings. The highest BCUT2D eigenvalue weighted by Gasteiger charge is 2.49. The number of nitrogens with zero attached hydrogens (tertiary/aromatic N) is 2. The Morgan fingerprint density at radius 1 is 1.03 bits per heavy atom. The van der Waals surface area contributed by atoms with Crippen LogP contribution in [-0.2, 0) is 26.1 Å². The summed E-state index contributed by atoms with van der Waals surface area (Å²) in [4.78, 5) is 42.4. The minimum atomic E-state index is -0.989. The van der Waals surface area contributed by atoms with E-state index in [2.05, 4.69) is 0 Å². The van der Waals surface area contributed by atoms with E-state index >= 15 is 0 Å². The maximum Gasteiger partial charge on any atom is 0.303 e. The SMILES string of the molecule is CC(=O)O[C@@H]1c2c(ccc3c(=O)c4cc5ccccc5nc4n(C)c23)OC(C)(C)[C@@H]1OC(C)=O. The largest absolute Gasteiger partial charge is 0.483 e. The predicted molar refractivity (Wildman–Crippen MR) is 127 cm³/mol. The van der Waals surface area contributed by atoms with Crippen molar-refractivity contribution in [3.8, 4) is 5.75 Å². The molecule has 174 valence electrons. The average molecular weight is 460 g/mol.